The minimum atomic E-state index is -3.73. The van der Waals surface area contributed by atoms with Gasteiger partial charge in [-0.15, -0.1) is 0 Å². The molecule has 0 heterocycles. The molecule has 0 spiro atoms. The van der Waals surface area contributed by atoms with E-state index in [9.17, 15) is 39.6 Å². The van der Waals surface area contributed by atoms with Crippen molar-refractivity contribution >= 4 is 23.5 Å². The van der Waals surface area contributed by atoms with Crippen LogP contribution in [-0.4, -0.2) is 55.1 Å². The normalized spacial score (nSPS) is 14.0. The van der Waals surface area contributed by atoms with Crippen LogP contribution in [0.15, 0.2) is 0 Å². The number of unbranched alkanes of at least 4 members (excludes halogenated alkanes) is 28. The molecule has 0 rings (SSSR count). The minimum absolute atomic E-state index is 0.245. The Morgan fingerprint density at radius 2 is 0.500 bits per heavy atom. The number of carbonyl (C=O) groups is 4. The van der Waals surface area contributed by atoms with Crippen LogP contribution in [0.3, 0.4) is 0 Å². The van der Waals surface area contributed by atoms with Gasteiger partial charge in [0.1, 0.15) is 0 Å². The maximum atomic E-state index is 12.9. The number of aliphatic hydroxyl groups is 2. The smallest absolute Gasteiger partial charge is 0.347 e. The number of hydrogen-bond acceptors (Lipinski definition) is 6. The van der Waals surface area contributed by atoms with Gasteiger partial charge in [0.15, 0.2) is 11.6 Å². The number of rotatable bonds is 37. The number of carbonyl (C=O) groups excluding carboxylic acids is 2. The first-order valence-corrected chi connectivity index (χ1v) is 20.1. The molecule has 0 fully saturated rings. The van der Waals surface area contributed by atoms with Crippen molar-refractivity contribution in [2.24, 2.45) is 0 Å². The van der Waals surface area contributed by atoms with Crippen LogP contribution >= 0.6 is 0 Å². The van der Waals surface area contributed by atoms with Crippen LogP contribution in [0.4, 0.5) is 0 Å². The Hall–Kier alpha value is -1.80. The van der Waals surface area contributed by atoms with Gasteiger partial charge in [0, 0.05) is 12.8 Å². The van der Waals surface area contributed by atoms with Gasteiger partial charge in [-0.2, -0.15) is 0 Å². The van der Waals surface area contributed by atoms with Crippen molar-refractivity contribution in [1.82, 2.24) is 0 Å². The Bertz CT molecular complexity index is 775. The third-order valence-corrected chi connectivity index (χ3v) is 9.96. The van der Waals surface area contributed by atoms with E-state index in [0.717, 1.165) is 51.4 Å². The van der Waals surface area contributed by atoms with Gasteiger partial charge in [-0.05, 0) is 12.8 Å². The van der Waals surface area contributed by atoms with Gasteiger partial charge in [-0.3, -0.25) is 9.59 Å². The van der Waals surface area contributed by atoms with E-state index in [2.05, 4.69) is 13.8 Å². The van der Waals surface area contributed by atoms with Crippen LogP contribution in [0.2, 0.25) is 0 Å². The first-order valence-electron chi connectivity index (χ1n) is 20.1. The molecule has 0 aliphatic heterocycles. The van der Waals surface area contributed by atoms with E-state index in [4.69, 9.17) is 0 Å². The van der Waals surface area contributed by atoms with Gasteiger partial charge >= 0.3 is 11.9 Å². The average molecular weight is 683 g/mol. The van der Waals surface area contributed by atoms with Crippen LogP contribution in [0.5, 0.6) is 0 Å². The lowest BCUT2D eigenvalue weighted by molar-refractivity contribution is -0.207. The van der Waals surface area contributed by atoms with Gasteiger partial charge in [-0.1, -0.05) is 194 Å². The zero-order chi connectivity index (χ0) is 35.9. The fourth-order valence-corrected chi connectivity index (χ4v) is 6.63. The summed E-state index contributed by atoms with van der Waals surface area (Å²) in [5, 5.41) is 41.2. The SMILES string of the molecule is CCCCCCCCCCCCCCCCCC(=O)C(O)(C(=O)O)C(O)(C(=O)O)C(=O)CCCCCCCCCCCCCCCCC. The zero-order valence-corrected chi connectivity index (χ0v) is 31.0. The number of carboxylic acids is 2. The van der Waals surface area contributed by atoms with E-state index in [1.807, 2.05) is 0 Å². The molecule has 0 aliphatic rings. The third kappa shape index (κ3) is 19.4. The molecule has 48 heavy (non-hydrogen) atoms. The molecule has 0 radical (unpaired) electrons. The highest BCUT2D eigenvalue weighted by molar-refractivity contribution is 6.21. The van der Waals surface area contributed by atoms with Crippen molar-refractivity contribution in [2.45, 2.75) is 231 Å². The molecule has 0 aromatic rings. The fourth-order valence-electron chi connectivity index (χ4n) is 6.63. The molecule has 0 amide bonds. The highest BCUT2D eigenvalue weighted by atomic mass is 16.5. The average Bonchev–Trinajstić information content (AvgIpc) is 3.06. The van der Waals surface area contributed by atoms with Gasteiger partial charge < -0.3 is 20.4 Å². The Morgan fingerprint density at radius 1 is 0.333 bits per heavy atom. The molecule has 8 nitrogen and oxygen atoms in total. The molecular weight excluding hydrogens is 608 g/mol. The fraction of sp³-hybridized carbons (Fsp3) is 0.900. The Balaban J connectivity index is 4.34. The van der Waals surface area contributed by atoms with Crippen molar-refractivity contribution in [3.63, 3.8) is 0 Å². The molecular formula is C40H74O8. The maximum absolute atomic E-state index is 12.9. The number of aliphatic carboxylic acids is 2. The van der Waals surface area contributed by atoms with Crippen LogP contribution < -0.4 is 0 Å². The largest absolute Gasteiger partial charge is 0.479 e. The van der Waals surface area contributed by atoms with Gasteiger partial charge in [0.25, 0.3) is 11.2 Å². The minimum Gasteiger partial charge on any atom is -0.479 e. The molecule has 0 saturated heterocycles. The van der Waals surface area contributed by atoms with Crippen LogP contribution in [0.1, 0.15) is 219 Å². The highest BCUT2D eigenvalue weighted by Crippen LogP contribution is 2.30. The summed E-state index contributed by atoms with van der Waals surface area (Å²) in [4.78, 5) is 49.9. The van der Waals surface area contributed by atoms with E-state index < -0.39 is 47.5 Å². The maximum Gasteiger partial charge on any atom is 0.347 e. The van der Waals surface area contributed by atoms with Crippen molar-refractivity contribution in [3.05, 3.63) is 0 Å². The Labute approximate surface area is 293 Å². The Morgan fingerprint density at radius 3 is 0.667 bits per heavy atom. The summed E-state index contributed by atoms with van der Waals surface area (Å²) >= 11 is 0. The van der Waals surface area contributed by atoms with Crippen molar-refractivity contribution < 1.29 is 39.6 Å². The van der Waals surface area contributed by atoms with E-state index in [1.165, 1.54) is 116 Å². The molecule has 2 atom stereocenters. The summed E-state index contributed by atoms with van der Waals surface area (Å²) < 4.78 is 0. The van der Waals surface area contributed by atoms with Crippen molar-refractivity contribution in [2.75, 3.05) is 0 Å². The number of Topliss-reactive ketones (excluding diaryl/α,β-unsaturated/α-hetero) is 2. The topological polar surface area (TPSA) is 149 Å². The molecule has 0 aliphatic carbocycles. The summed E-state index contributed by atoms with van der Waals surface area (Å²) in [6.45, 7) is 4.46. The zero-order valence-electron chi connectivity index (χ0n) is 31.0. The number of carboxylic acid groups (broad SMARTS) is 2. The first kappa shape index (κ1) is 46.2. The van der Waals surface area contributed by atoms with E-state index in [-0.39, 0.29) is 12.8 Å². The van der Waals surface area contributed by atoms with Crippen molar-refractivity contribution in [3.8, 4) is 0 Å². The lowest BCUT2D eigenvalue weighted by Gasteiger charge is -2.34. The Kier molecular flexibility index (Phi) is 28.9. The predicted molar refractivity (Wildman–Crippen MR) is 194 cm³/mol. The molecule has 2 unspecified atom stereocenters. The monoisotopic (exact) mass is 683 g/mol. The summed E-state index contributed by atoms with van der Waals surface area (Å²) in [5.74, 6) is -7.13. The number of hydrogen-bond donors (Lipinski definition) is 4. The summed E-state index contributed by atoms with van der Waals surface area (Å²) in [7, 11) is 0. The van der Waals surface area contributed by atoms with E-state index in [0.29, 0.717) is 12.8 Å². The summed E-state index contributed by atoms with van der Waals surface area (Å²) in [6.07, 6.45) is 32.3. The first-order chi connectivity index (χ1) is 23.1. The van der Waals surface area contributed by atoms with Crippen molar-refractivity contribution in [1.29, 1.82) is 0 Å². The van der Waals surface area contributed by atoms with Crippen LogP contribution in [0, 0.1) is 0 Å². The molecule has 4 N–H and O–H groups in total. The molecule has 0 bridgehead atoms. The second-order valence-corrected chi connectivity index (χ2v) is 14.3. The second-order valence-electron chi connectivity index (χ2n) is 14.3. The van der Waals surface area contributed by atoms with Crippen LogP contribution in [-0.2, 0) is 19.2 Å². The molecule has 0 aromatic heterocycles. The lowest BCUT2D eigenvalue weighted by atomic mass is 9.74. The highest BCUT2D eigenvalue weighted by Gasteiger charge is 2.68. The van der Waals surface area contributed by atoms with E-state index in [1.54, 1.807) is 0 Å². The summed E-state index contributed by atoms with van der Waals surface area (Å²) in [6, 6.07) is 0. The molecule has 8 heteroatoms. The lowest BCUT2D eigenvalue weighted by Crippen LogP contribution is -2.71. The standard InChI is InChI=1S/C40H74O8/c1-3-5-7-9-11-13-15-17-19-21-23-25-27-29-31-33-35(41)39(47,37(43)44)40(48,38(45)46)36(42)34-32-30-28-26-24-22-20-18-16-14-12-10-8-6-4-2/h47-48H,3-34H2,1-2H3,(H,43,44)(H,45,46). The quantitative estimate of drug-likeness (QED) is 0.0373. The number of ketones is 2. The van der Waals surface area contributed by atoms with Gasteiger partial charge in [-0.25, -0.2) is 9.59 Å². The van der Waals surface area contributed by atoms with Gasteiger partial charge in [0.2, 0.25) is 0 Å². The third-order valence-electron chi connectivity index (χ3n) is 9.96. The van der Waals surface area contributed by atoms with E-state index >= 15 is 0 Å². The predicted octanol–water partition coefficient (Wildman–Crippen LogP) is 10.3. The summed E-state index contributed by atoms with van der Waals surface area (Å²) in [5.41, 5.74) is -7.47. The second kappa shape index (κ2) is 30.1. The molecule has 0 aromatic carbocycles. The van der Waals surface area contributed by atoms with Gasteiger partial charge in [0.05, 0.1) is 0 Å². The van der Waals surface area contributed by atoms with Crippen LogP contribution in [0.25, 0.3) is 0 Å². The molecule has 0 saturated carbocycles. The molecule has 282 valence electrons.